The van der Waals surface area contributed by atoms with E-state index in [9.17, 15) is 14.4 Å². The molecule has 0 fully saturated rings. The molecule has 4 rings (SSSR count). The van der Waals surface area contributed by atoms with Gasteiger partial charge in [0.2, 0.25) is 0 Å². The Morgan fingerprint density at radius 3 is 1.71 bits per heavy atom. The van der Waals surface area contributed by atoms with Crippen LogP contribution in [0.5, 0.6) is 0 Å². The Morgan fingerprint density at radius 1 is 0.643 bits per heavy atom. The molecular weight excluding hydrogens is 370 g/mol. The summed E-state index contributed by atoms with van der Waals surface area (Å²) < 4.78 is 0. The van der Waals surface area contributed by atoms with Crippen molar-refractivity contribution in [3.05, 3.63) is 102 Å². The lowest BCUT2D eigenvalue weighted by atomic mass is 10.0. The van der Waals surface area contributed by atoms with E-state index in [2.05, 4.69) is 0 Å². The molecule has 0 N–H and O–H groups in total. The lowest BCUT2D eigenvalue weighted by Crippen LogP contribution is -2.29. The van der Waals surface area contributed by atoms with Gasteiger partial charge in [0, 0.05) is 33.1 Å². The first kappa shape index (κ1) is 17.9. The summed E-state index contributed by atoms with van der Waals surface area (Å²) in [5.74, 6) is -0.664. The molecule has 1 heterocycles. The van der Waals surface area contributed by atoms with Gasteiger partial charge in [0.05, 0.1) is 5.69 Å². The predicted molar refractivity (Wildman–Crippen MR) is 109 cm³/mol. The number of imide groups is 1. The average Bonchev–Trinajstić information content (AvgIpc) is 3.07. The molecule has 2 amide bonds. The number of hydrogen-bond donors (Lipinski definition) is 0. The minimum atomic E-state index is -0.330. The lowest BCUT2D eigenvalue weighted by Gasteiger charge is -2.14. The summed E-state index contributed by atoms with van der Waals surface area (Å²) in [6.07, 6.45) is 2.53. The highest BCUT2D eigenvalue weighted by Gasteiger charge is 2.24. The molecule has 3 aromatic rings. The summed E-state index contributed by atoms with van der Waals surface area (Å²) in [5, 5.41) is 0. The molecule has 4 nitrogen and oxygen atoms in total. The Balaban J connectivity index is 1.45. The van der Waals surface area contributed by atoms with Crippen LogP contribution in [0.15, 0.2) is 101 Å². The summed E-state index contributed by atoms with van der Waals surface area (Å²) in [4.78, 5) is 39.0. The first-order valence-corrected chi connectivity index (χ1v) is 9.47. The summed E-state index contributed by atoms with van der Waals surface area (Å²) >= 11 is 1.54. The summed E-state index contributed by atoms with van der Waals surface area (Å²) in [7, 11) is 0. The Morgan fingerprint density at radius 2 is 1.14 bits per heavy atom. The number of carbonyl (C=O) groups excluding carboxylic acids is 3. The number of amides is 2. The van der Waals surface area contributed by atoms with Gasteiger partial charge in [-0.05, 0) is 48.5 Å². The average molecular weight is 385 g/mol. The molecule has 0 saturated carbocycles. The molecule has 1 aliphatic heterocycles. The smallest absolute Gasteiger partial charge is 0.258 e. The second-order valence-electron chi connectivity index (χ2n) is 6.16. The second-order valence-corrected chi connectivity index (χ2v) is 7.31. The molecule has 0 saturated heterocycles. The van der Waals surface area contributed by atoms with Gasteiger partial charge in [0.1, 0.15) is 0 Å². The third-order valence-electron chi connectivity index (χ3n) is 4.29. The molecule has 5 heteroatoms. The predicted octanol–water partition coefficient (Wildman–Crippen LogP) is 4.50. The zero-order valence-corrected chi connectivity index (χ0v) is 15.6. The Bertz CT molecular complexity index is 1050. The van der Waals surface area contributed by atoms with Crippen molar-refractivity contribution < 1.29 is 14.4 Å². The molecular formula is C23H15NO3S. The van der Waals surface area contributed by atoms with E-state index in [0.717, 1.165) is 14.7 Å². The van der Waals surface area contributed by atoms with Crippen LogP contribution in [0, 0.1) is 0 Å². The van der Waals surface area contributed by atoms with Gasteiger partial charge in [0.15, 0.2) is 5.78 Å². The van der Waals surface area contributed by atoms with Crippen LogP contribution in [0.4, 0.5) is 5.69 Å². The molecule has 0 spiro atoms. The zero-order valence-electron chi connectivity index (χ0n) is 14.7. The molecule has 0 radical (unpaired) electrons. The van der Waals surface area contributed by atoms with E-state index in [1.165, 1.54) is 12.2 Å². The summed E-state index contributed by atoms with van der Waals surface area (Å²) in [5.41, 5.74) is 1.86. The van der Waals surface area contributed by atoms with E-state index in [0.29, 0.717) is 16.8 Å². The topological polar surface area (TPSA) is 54.5 Å². The van der Waals surface area contributed by atoms with Crippen molar-refractivity contribution >= 4 is 35.0 Å². The molecule has 0 unspecified atom stereocenters. The fourth-order valence-electron chi connectivity index (χ4n) is 2.88. The lowest BCUT2D eigenvalue weighted by molar-refractivity contribution is -0.119. The number of carbonyl (C=O) groups is 3. The standard InChI is InChI=1S/C23H15NO3S/c25-21-14-15-22(26)24(21)18-8-12-20(13-9-18)28-19-10-6-17(7-11-19)23(27)16-4-2-1-3-5-16/h1-15H. The minimum absolute atomic E-state index is 0.00457. The normalized spacial score (nSPS) is 13.2. The molecule has 0 aliphatic carbocycles. The van der Waals surface area contributed by atoms with Gasteiger partial charge in [-0.3, -0.25) is 14.4 Å². The number of benzene rings is 3. The molecule has 136 valence electrons. The number of anilines is 1. The van der Waals surface area contributed by atoms with Crippen molar-refractivity contribution in [2.24, 2.45) is 0 Å². The van der Waals surface area contributed by atoms with Crippen LogP contribution in [-0.2, 0) is 9.59 Å². The van der Waals surface area contributed by atoms with Crippen molar-refractivity contribution in [2.45, 2.75) is 9.79 Å². The molecule has 0 bridgehead atoms. The SMILES string of the molecule is O=C(c1ccccc1)c1ccc(Sc2ccc(N3C(=O)C=CC3=O)cc2)cc1. The summed E-state index contributed by atoms with van der Waals surface area (Å²) in [6, 6.07) is 23.9. The van der Waals surface area contributed by atoms with Crippen molar-refractivity contribution in [2.75, 3.05) is 4.90 Å². The van der Waals surface area contributed by atoms with Crippen molar-refractivity contribution in [3.8, 4) is 0 Å². The molecule has 3 aromatic carbocycles. The van der Waals surface area contributed by atoms with Gasteiger partial charge >= 0.3 is 0 Å². The third-order valence-corrected chi connectivity index (χ3v) is 5.31. The van der Waals surface area contributed by atoms with Crippen molar-refractivity contribution in [3.63, 3.8) is 0 Å². The van der Waals surface area contributed by atoms with Gasteiger partial charge in [-0.1, -0.05) is 42.1 Å². The van der Waals surface area contributed by atoms with E-state index >= 15 is 0 Å². The van der Waals surface area contributed by atoms with Crippen LogP contribution in [-0.4, -0.2) is 17.6 Å². The van der Waals surface area contributed by atoms with E-state index in [1.54, 1.807) is 36.0 Å². The quantitative estimate of drug-likeness (QED) is 0.479. The first-order chi connectivity index (χ1) is 13.6. The zero-order chi connectivity index (χ0) is 19.5. The molecule has 0 aromatic heterocycles. The second kappa shape index (κ2) is 7.66. The monoisotopic (exact) mass is 385 g/mol. The maximum Gasteiger partial charge on any atom is 0.258 e. The number of ketones is 1. The van der Waals surface area contributed by atoms with Gasteiger partial charge in [0.25, 0.3) is 11.8 Å². The summed E-state index contributed by atoms with van der Waals surface area (Å²) in [6.45, 7) is 0. The number of rotatable bonds is 5. The molecule has 1 aliphatic rings. The Hall–Kier alpha value is -3.44. The van der Waals surface area contributed by atoms with Crippen LogP contribution in [0.25, 0.3) is 0 Å². The fourth-order valence-corrected chi connectivity index (χ4v) is 3.70. The fraction of sp³-hybridized carbons (Fsp3) is 0. The van der Waals surface area contributed by atoms with Crippen LogP contribution in [0.2, 0.25) is 0 Å². The highest BCUT2D eigenvalue weighted by atomic mass is 32.2. The van der Waals surface area contributed by atoms with Crippen LogP contribution >= 0.6 is 11.8 Å². The maximum absolute atomic E-state index is 12.5. The van der Waals surface area contributed by atoms with E-state index in [4.69, 9.17) is 0 Å². The van der Waals surface area contributed by atoms with E-state index in [1.807, 2.05) is 54.6 Å². The maximum atomic E-state index is 12.5. The third kappa shape index (κ3) is 3.66. The largest absolute Gasteiger partial charge is 0.289 e. The van der Waals surface area contributed by atoms with Gasteiger partial charge in [-0.25, -0.2) is 4.90 Å². The number of nitrogens with zero attached hydrogens (tertiary/aromatic N) is 1. The highest BCUT2D eigenvalue weighted by molar-refractivity contribution is 7.99. The van der Waals surface area contributed by atoms with Gasteiger partial charge in [-0.2, -0.15) is 0 Å². The van der Waals surface area contributed by atoms with Crippen molar-refractivity contribution in [1.82, 2.24) is 0 Å². The van der Waals surface area contributed by atoms with E-state index in [-0.39, 0.29) is 17.6 Å². The van der Waals surface area contributed by atoms with E-state index < -0.39 is 0 Å². The molecule has 0 atom stereocenters. The van der Waals surface area contributed by atoms with Crippen LogP contribution in [0.3, 0.4) is 0 Å². The number of hydrogen-bond acceptors (Lipinski definition) is 4. The van der Waals surface area contributed by atoms with Crippen LogP contribution in [0.1, 0.15) is 15.9 Å². The Labute approximate surface area is 166 Å². The van der Waals surface area contributed by atoms with Crippen molar-refractivity contribution in [1.29, 1.82) is 0 Å². The minimum Gasteiger partial charge on any atom is -0.289 e. The van der Waals surface area contributed by atoms with Gasteiger partial charge in [-0.15, -0.1) is 0 Å². The first-order valence-electron chi connectivity index (χ1n) is 8.66. The Kier molecular flexibility index (Phi) is 4.91. The van der Waals surface area contributed by atoms with Gasteiger partial charge < -0.3 is 0 Å². The van der Waals surface area contributed by atoms with Crippen LogP contribution < -0.4 is 4.90 Å². The highest BCUT2D eigenvalue weighted by Crippen LogP contribution is 2.30. The molecule has 28 heavy (non-hydrogen) atoms.